The van der Waals surface area contributed by atoms with Gasteiger partial charge in [-0.2, -0.15) is 0 Å². The molecular formula is C11H10N4O4. The second-order valence-electron chi connectivity index (χ2n) is 3.24. The number of rotatable bonds is 2. The number of aromatic nitrogens is 4. The third kappa shape index (κ3) is 4.86. The summed E-state index contributed by atoms with van der Waals surface area (Å²) in [5, 5.41) is 16.7. The maximum Gasteiger partial charge on any atom is 0.356 e. The van der Waals surface area contributed by atoms with Crippen LogP contribution in [0.4, 0.5) is 0 Å². The van der Waals surface area contributed by atoms with Crippen molar-refractivity contribution in [2.24, 2.45) is 0 Å². The van der Waals surface area contributed by atoms with Gasteiger partial charge in [0, 0.05) is 18.6 Å². The average Bonchev–Trinajstić information content (AvgIpc) is 2.41. The highest BCUT2D eigenvalue weighted by Gasteiger charge is 2.02. The van der Waals surface area contributed by atoms with Crippen LogP contribution in [-0.2, 0) is 0 Å². The van der Waals surface area contributed by atoms with Crippen LogP contribution in [0.2, 0.25) is 0 Å². The van der Waals surface area contributed by atoms with Gasteiger partial charge in [0.15, 0.2) is 11.4 Å². The van der Waals surface area contributed by atoms with Gasteiger partial charge in [-0.3, -0.25) is 9.97 Å². The molecule has 8 nitrogen and oxygen atoms in total. The van der Waals surface area contributed by atoms with Gasteiger partial charge < -0.3 is 10.2 Å². The smallest absolute Gasteiger partial charge is 0.356 e. The molecule has 8 heteroatoms. The largest absolute Gasteiger partial charge is 0.476 e. The van der Waals surface area contributed by atoms with E-state index >= 15 is 0 Å². The van der Waals surface area contributed by atoms with Gasteiger partial charge in [-0.05, 0) is 6.92 Å². The van der Waals surface area contributed by atoms with Crippen molar-refractivity contribution in [1.82, 2.24) is 19.9 Å². The van der Waals surface area contributed by atoms with Crippen LogP contribution in [0.15, 0.2) is 31.0 Å². The first kappa shape index (κ1) is 14.2. The van der Waals surface area contributed by atoms with Crippen molar-refractivity contribution in [3.05, 3.63) is 48.1 Å². The van der Waals surface area contributed by atoms with E-state index in [1.54, 1.807) is 6.92 Å². The Balaban J connectivity index is 0.000000191. The van der Waals surface area contributed by atoms with Gasteiger partial charge >= 0.3 is 11.9 Å². The number of aryl methyl sites for hydroxylation is 1. The van der Waals surface area contributed by atoms with E-state index in [1.165, 1.54) is 31.0 Å². The summed E-state index contributed by atoms with van der Waals surface area (Å²) < 4.78 is 0. The van der Waals surface area contributed by atoms with Gasteiger partial charge in [0.25, 0.3) is 0 Å². The fourth-order valence-corrected chi connectivity index (χ4v) is 0.913. The van der Waals surface area contributed by atoms with Crippen LogP contribution in [0.3, 0.4) is 0 Å². The third-order valence-corrected chi connectivity index (χ3v) is 1.78. The molecule has 2 rings (SSSR count). The van der Waals surface area contributed by atoms with Gasteiger partial charge in [-0.25, -0.2) is 19.6 Å². The Bertz CT molecular complexity index is 557. The highest BCUT2D eigenvalue weighted by Crippen LogP contribution is 1.92. The number of carboxylic acid groups (broad SMARTS) is 2. The van der Waals surface area contributed by atoms with Crippen LogP contribution in [0.5, 0.6) is 0 Å². The molecule has 0 fully saturated rings. The summed E-state index contributed by atoms with van der Waals surface area (Å²) in [5.74, 6) is -2.10. The van der Waals surface area contributed by atoms with Crippen molar-refractivity contribution >= 4 is 11.9 Å². The molecule has 0 spiro atoms. The first-order valence-corrected chi connectivity index (χ1v) is 5.02. The summed E-state index contributed by atoms with van der Waals surface area (Å²) in [6.07, 6.45) is 6.61. The monoisotopic (exact) mass is 262 g/mol. The lowest BCUT2D eigenvalue weighted by Crippen LogP contribution is -2.00. The highest BCUT2D eigenvalue weighted by molar-refractivity contribution is 5.85. The maximum absolute atomic E-state index is 10.2. The highest BCUT2D eigenvalue weighted by atomic mass is 16.4. The van der Waals surface area contributed by atoms with Crippen molar-refractivity contribution < 1.29 is 19.8 Å². The average molecular weight is 262 g/mol. The number of carbonyl (C=O) groups is 2. The first-order valence-electron chi connectivity index (χ1n) is 5.02. The number of hydrogen-bond donors (Lipinski definition) is 2. The molecule has 19 heavy (non-hydrogen) atoms. The Morgan fingerprint density at radius 1 is 0.895 bits per heavy atom. The van der Waals surface area contributed by atoms with Crippen molar-refractivity contribution in [3.63, 3.8) is 0 Å². The van der Waals surface area contributed by atoms with Crippen molar-refractivity contribution in [3.8, 4) is 0 Å². The Morgan fingerprint density at radius 2 is 1.53 bits per heavy atom. The predicted molar refractivity (Wildman–Crippen MR) is 62.7 cm³/mol. The molecule has 0 saturated heterocycles. The minimum absolute atomic E-state index is 0.0226. The molecule has 2 aromatic heterocycles. The summed E-state index contributed by atoms with van der Waals surface area (Å²) in [4.78, 5) is 34.8. The minimum atomic E-state index is -1.05. The Hall–Kier alpha value is -2.90. The fourth-order valence-electron chi connectivity index (χ4n) is 0.913. The fraction of sp³-hybridized carbons (Fsp3) is 0.0909. The molecule has 98 valence electrons. The SMILES string of the molecule is Cc1cnc(C(=O)O)cn1.O=C(O)c1cnccn1. The van der Waals surface area contributed by atoms with Gasteiger partial charge in [0.05, 0.1) is 18.1 Å². The molecule has 2 heterocycles. The molecule has 0 saturated carbocycles. The number of carboxylic acids is 2. The number of aromatic carboxylic acids is 2. The van der Waals surface area contributed by atoms with Crippen molar-refractivity contribution in [2.45, 2.75) is 6.92 Å². The normalized spacial score (nSPS) is 9.11. The standard InChI is InChI=1S/C6H6N2O2.C5H4N2O2/c1-4-2-8-5(3-7-4)6(9)10;8-5(9)4-3-6-1-2-7-4/h2-3H,1H3,(H,9,10);1-3H,(H,8,9). The van der Waals surface area contributed by atoms with Crippen molar-refractivity contribution in [2.75, 3.05) is 0 Å². The summed E-state index contributed by atoms with van der Waals surface area (Å²) >= 11 is 0. The molecule has 0 radical (unpaired) electrons. The summed E-state index contributed by atoms with van der Waals surface area (Å²) in [6, 6.07) is 0. The lowest BCUT2D eigenvalue weighted by molar-refractivity contribution is 0.0679. The zero-order chi connectivity index (χ0) is 14.3. The van der Waals surface area contributed by atoms with E-state index in [0.717, 1.165) is 0 Å². The molecule has 0 amide bonds. The van der Waals surface area contributed by atoms with Gasteiger partial charge in [-0.1, -0.05) is 0 Å². The molecule has 0 aliphatic heterocycles. The molecule has 0 unspecified atom stereocenters. The molecular weight excluding hydrogens is 252 g/mol. The van der Waals surface area contributed by atoms with Crippen molar-refractivity contribution in [1.29, 1.82) is 0 Å². The van der Waals surface area contributed by atoms with Crippen LogP contribution < -0.4 is 0 Å². The van der Waals surface area contributed by atoms with Crippen LogP contribution >= 0.6 is 0 Å². The van der Waals surface area contributed by atoms with Crippen LogP contribution in [0.1, 0.15) is 26.7 Å². The van der Waals surface area contributed by atoms with E-state index in [0.29, 0.717) is 5.69 Å². The Morgan fingerprint density at radius 3 is 1.89 bits per heavy atom. The zero-order valence-corrected chi connectivity index (χ0v) is 9.89. The first-order chi connectivity index (χ1) is 9.00. The minimum Gasteiger partial charge on any atom is -0.476 e. The van der Waals surface area contributed by atoms with E-state index in [1.807, 2.05) is 0 Å². The Kier molecular flexibility index (Phi) is 5.03. The molecule has 0 aromatic carbocycles. The second-order valence-corrected chi connectivity index (χ2v) is 3.24. The van der Waals surface area contributed by atoms with E-state index in [9.17, 15) is 9.59 Å². The molecule has 0 aliphatic rings. The summed E-state index contributed by atoms with van der Waals surface area (Å²) in [7, 11) is 0. The molecule has 0 bridgehead atoms. The quantitative estimate of drug-likeness (QED) is 0.808. The Labute approximate surface area is 107 Å². The lowest BCUT2D eigenvalue weighted by atomic mass is 10.4. The van der Waals surface area contributed by atoms with E-state index in [-0.39, 0.29) is 11.4 Å². The molecule has 2 aromatic rings. The van der Waals surface area contributed by atoms with Gasteiger partial charge in [0.1, 0.15) is 0 Å². The van der Waals surface area contributed by atoms with E-state index in [4.69, 9.17) is 10.2 Å². The maximum atomic E-state index is 10.2. The summed E-state index contributed by atoms with van der Waals surface area (Å²) in [6.45, 7) is 1.75. The van der Waals surface area contributed by atoms with Gasteiger partial charge in [0.2, 0.25) is 0 Å². The van der Waals surface area contributed by atoms with Gasteiger partial charge in [-0.15, -0.1) is 0 Å². The lowest BCUT2D eigenvalue weighted by Gasteiger charge is -1.91. The zero-order valence-electron chi connectivity index (χ0n) is 9.89. The van der Waals surface area contributed by atoms with E-state index in [2.05, 4.69) is 19.9 Å². The van der Waals surface area contributed by atoms with Crippen LogP contribution in [0.25, 0.3) is 0 Å². The molecule has 2 N–H and O–H groups in total. The number of hydrogen-bond acceptors (Lipinski definition) is 6. The molecule has 0 aliphatic carbocycles. The predicted octanol–water partition coefficient (Wildman–Crippen LogP) is 0.658. The van der Waals surface area contributed by atoms with E-state index < -0.39 is 11.9 Å². The summed E-state index contributed by atoms with van der Waals surface area (Å²) in [5.41, 5.74) is 0.660. The second kappa shape index (κ2) is 6.74. The topological polar surface area (TPSA) is 126 Å². The molecule has 0 atom stereocenters. The number of nitrogens with zero attached hydrogens (tertiary/aromatic N) is 4. The third-order valence-electron chi connectivity index (χ3n) is 1.78. The van der Waals surface area contributed by atoms with Crippen LogP contribution in [0, 0.1) is 6.92 Å². The van der Waals surface area contributed by atoms with Crippen LogP contribution in [-0.4, -0.2) is 42.1 Å².